The van der Waals surface area contributed by atoms with E-state index in [2.05, 4.69) is 39.5 Å². The second-order valence-electron chi connectivity index (χ2n) is 9.02. The van der Waals surface area contributed by atoms with E-state index < -0.39 is 0 Å². The number of hydrogen-bond donors (Lipinski definition) is 1. The van der Waals surface area contributed by atoms with Gasteiger partial charge in [-0.1, -0.05) is 41.0 Å². The highest BCUT2D eigenvalue weighted by atomic mass is 16.5. The number of piperidine rings is 1. The molecule has 1 saturated heterocycles. The van der Waals surface area contributed by atoms with E-state index in [4.69, 9.17) is 4.74 Å². The van der Waals surface area contributed by atoms with Crippen LogP contribution in [-0.2, 0) is 4.74 Å². The summed E-state index contributed by atoms with van der Waals surface area (Å²) in [5.74, 6) is 3.59. The van der Waals surface area contributed by atoms with Crippen molar-refractivity contribution in [2.45, 2.75) is 72.5 Å². The second-order valence-corrected chi connectivity index (χ2v) is 9.02. The number of hydrogen-bond acceptors (Lipinski definition) is 3. The van der Waals surface area contributed by atoms with Gasteiger partial charge in [0.25, 0.3) is 0 Å². The predicted molar refractivity (Wildman–Crippen MR) is 96.5 cm³/mol. The summed E-state index contributed by atoms with van der Waals surface area (Å²) < 4.78 is 6.21. The summed E-state index contributed by atoms with van der Waals surface area (Å²) in [6.45, 7) is 15.1. The van der Waals surface area contributed by atoms with Crippen LogP contribution in [0.15, 0.2) is 0 Å². The minimum Gasteiger partial charge on any atom is -0.389 e. The van der Waals surface area contributed by atoms with E-state index in [-0.39, 0.29) is 6.10 Å². The van der Waals surface area contributed by atoms with Crippen molar-refractivity contribution in [3.05, 3.63) is 0 Å². The molecule has 1 heterocycles. The lowest BCUT2D eigenvalue weighted by molar-refractivity contribution is -0.0761. The van der Waals surface area contributed by atoms with Crippen LogP contribution in [-0.4, -0.2) is 48.5 Å². The smallest absolute Gasteiger partial charge is 0.0900 e. The maximum Gasteiger partial charge on any atom is 0.0900 e. The normalized spacial score (nSPS) is 38.0. The molecule has 2 rings (SSSR count). The van der Waals surface area contributed by atoms with Crippen molar-refractivity contribution in [2.75, 3.05) is 26.2 Å². The Kier molecular flexibility index (Phi) is 7.37. The molecule has 136 valence electrons. The molecular weight excluding hydrogens is 286 g/mol. The molecule has 2 fully saturated rings. The maximum absolute atomic E-state index is 10.4. The Hall–Kier alpha value is -0.120. The number of aliphatic hydroxyl groups is 1. The van der Waals surface area contributed by atoms with E-state index in [0.29, 0.717) is 24.5 Å². The fourth-order valence-corrected chi connectivity index (χ4v) is 4.83. The standard InChI is InChI=1S/C20H39NO2/c1-14(2)19-7-6-15(3)9-20(19)23-13-18(22)12-21-10-16(4)8-17(5)11-21/h14-20,22H,6-13H2,1-5H3/t15-,16-,17-,18-,19-,20-/m1/s1. The van der Waals surface area contributed by atoms with Gasteiger partial charge >= 0.3 is 0 Å². The number of rotatable bonds is 6. The van der Waals surface area contributed by atoms with Gasteiger partial charge in [0.2, 0.25) is 0 Å². The first-order valence-corrected chi connectivity index (χ1v) is 9.87. The Bertz CT molecular complexity index is 337. The van der Waals surface area contributed by atoms with E-state index in [1.807, 2.05) is 0 Å². The van der Waals surface area contributed by atoms with E-state index >= 15 is 0 Å². The molecule has 0 aromatic heterocycles. The highest BCUT2D eigenvalue weighted by molar-refractivity contribution is 4.82. The van der Waals surface area contributed by atoms with E-state index in [9.17, 15) is 5.11 Å². The van der Waals surface area contributed by atoms with Crippen molar-refractivity contribution in [3.8, 4) is 0 Å². The molecule has 0 unspecified atom stereocenters. The van der Waals surface area contributed by atoms with E-state index in [0.717, 1.165) is 43.8 Å². The fourth-order valence-electron chi connectivity index (χ4n) is 4.83. The largest absolute Gasteiger partial charge is 0.389 e. The fraction of sp³-hybridized carbons (Fsp3) is 1.00. The quantitative estimate of drug-likeness (QED) is 0.806. The second kappa shape index (κ2) is 8.82. The molecule has 1 aliphatic heterocycles. The van der Waals surface area contributed by atoms with Crippen molar-refractivity contribution >= 4 is 0 Å². The highest BCUT2D eigenvalue weighted by Gasteiger charge is 2.32. The molecule has 1 aliphatic carbocycles. The van der Waals surface area contributed by atoms with Crippen LogP contribution in [0.4, 0.5) is 0 Å². The van der Waals surface area contributed by atoms with E-state index in [1.54, 1.807) is 0 Å². The van der Waals surface area contributed by atoms with Crippen LogP contribution in [0.3, 0.4) is 0 Å². The lowest BCUT2D eigenvalue weighted by atomic mass is 9.75. The molecule has 0 amide bonds. The Labute approximate surface area is 143 Å². The summed E-state index contributed by atoms with van der Waals surface area (Å²) in [6, 6.07) is 0. The van der Waals surface area contributed by atoms with Gasteiger partial charge in [-0.15, -0.1) is 0 Å². The summed E-state index contributed by atoms with van der Waals surface area (Å²) >= 11 is 0. The molecule has 0 bridgehead atoms. The van der Waals surface area contributed by atoms with Crippen LogP contribution in [0.25, 0.3) is 0 Å². The zero-order valence-electron chi connectivity index (χ0n) is 16.0. The Morgan fingerprint density at radius 3 is 2.26 bits per heavy atom. The minimum atomic E-state index is -0.349. The lowest BCUT2D eigenvalue weighted by Gasteiger charge is -2.38. The van der Waals surface area contributed by atoms with Gasteiger partial charge in [0, 0.05) is 19.6 Å². The maximum atomic E-state index is 10.4. The van der Waals surface area contributed by atoms with Crippen molar-refractivity contribution in [3.63, 3.8) is 0 Å². The first-order valence-electron chi connectivity index (χ1n) is 9.87. The molecule has 2 aliphatic rings. The first kappa shape index (κ1) is 19.2. The van der Waals surface area contributed by atoms with Crippen LogP contribution >= 0.6 is 0 Å². The van der Waals surface area contributed by atoms with Gasteiger partial charge in [-0.25, -0.2) is 0 Å². The van der Waals surface area contributed by atoms with Crippen LogP contribution < -0.4 is 0 Å². The average molecular weight is 326 g/mol. The molecule has 0 spiro atoms. The molecule has 3 nitrogen and oxygen atoms in total. The van der Waals surface area contributed by atoms with Gasteiger partial charge in [0.15, 0.2) is 0 Å². The van der Waals surface area contributed by atoms with Crippen molar-refractivity contribution in [2.24, 2.45) is 29.6 Å². The topological polar surface area (TPSA) is 32.7 Å². The monoisotopic (exact) mass is 325 g/mol. The Morgan fingerprint density at radius 2 is 1.65 bits per heavy atom. The molecule has 3 heteroatoms. The number of nitrogens with zero attached hydrogens (tertiary/aromatic N) is 1. The summed E-state index contributed by atoms with van der Waals surface area (Å²) in [5.41, 5.74) is 0. The van der Waals surface area contributed by atoms with Gasteiger partial charge in [0.1, 0.15) is 0 Å². The van der Waals surface area contributed by atoms with Crippen LogP contribution in [0.1, 0.15) is 60.3 Å². The number of β-amino-alcohol motifs (C(OH)–C–C–N with tert-alkyl or cyclic N) is 1. The summed E-state index contributed by atoms with van der Waals surface area (Å²) in [5, 5.41) is 10.4. The molecular formula is C20H39NO2. The summed E-state index contributed by atoms with van der Waals surface area (Å²) in [6.07, 6.45) is 5.08. The van der Waals surface area contributed by atoms with E-state index in [1.165, 1.54) is 19.3 Å². The third-order valence-electron chi connectivity index (χ3n) is 5.88. The molecule has 0 aromatic carbocycles. The summed E-state index contributed by atoms with van der Waals surface area (Å²) in [4.78, 5) is 2.43. The minimum absolute atomic E-state index is 0.340. The number of ether oxygens (including phenoxy) is 1. The Balaban J connectivity index is 1.77. The SMILES string of the molecule is CC(C)[C@H]1CC[C@@H](C)C[C@H]1OC[C@H](O)CN1C[C@H](C)C[C@@H](C)C1. The van der Waals surface area contributed by atoms with Gasteiger partial charge in [-0.3, -0.25) is 0 Å². The molecule has 23 heavy (non-hydrogen) atoms. The van der Waals surface area contributed by atoms with Gasteiger partial charge in [-0.05, 0) is 48.9 Å². The Morgan fingerprint density at radius 1 is 1.00 bits per heavy atom. The molecule has 0 radical (unpaired) electrons. The number of likely N-dealkylation sites (tertiary alicyclic amines) is 1. The molecule has 0 aromatic rings. The predicted octanol–water partition coefficient (Wildman–Crippen LogP) is 3.80. The van der Waals surface area contributed by atoms with Crippen LogP contribution in [0, 0.1) is 29.6 Å². The third-order valence-corrected chi connectivity index (χ3v) is 5.88. The molecule has 6 atom stereocenters. The van der Waals surface area contributed by atoms with Crippen LogP contribution in [0.5, 0.6) is 0 Å². The summed E-state index contributed by atoms with van der Waals surface area (Å²) in [7, 11) is 0. The van der Waals surface area contributed by atoms with Crippen molar-refractivity contribution in [1.82, 2.24) is 4.90 Å². The third kappa shape index (κ3) is 6.03. The van der Waals surface area contributed by atoms with Crippen molar-refractivity contribution in [1.29, 1.82) is 0 Å². The highest BCUT2D eigenvalue weighted by Crippen LogP contribution is 2.35. The van der Waals surface area contributed by atoms with Gasteiger partial charge in [-0.2, -0.15) is 0 Å². The molecule has 1 N–H and O–H groups in total. The van der Waals surface area contributed by atoms with Gasteiger partial charge < -0.3 is 14.7 Å². The van der Waals surface area contributed by atoms with Crippen LogP contribution in [0.2, 0.25) is 0 Å². The zero-order chi connectivity index (χ0) is 17.0. The van der Waals surface area contributed by atoms with Crippen molar-refractivity contribution < 1.29 is 9.84 Å². The lowest BCUT2D eigenvalue weighted by Crippen LogP contribution is -2.44. The molecule has 1 saturated carbocycles. The van der Waals surface area contributed by atoms with Gasteiger partial charge in [0.05, 0.1) is 18.8 Å². The first-order chi connectivity index (χ1) is 10.8. The average Bonchev–Trinajstić information content (AvgIpc) is 2.43. The zero-order valence-corrected chi connectivity index (χ0v) is 16.0. The number of aliphatic hydroxyl groups excluding tert-OH is 1.